The van der Waals surface area contributed by atoms with Crippen LogP contribution in [0.15, 0.2) is 84.9 Å². The standard InChI is InChI=1S/C38H47N3/c1-8-39(9-2)33-19-13-29(14-20-33)27(6)31-17-23-37-35(25-31)36-26-32(18-24-38(36)41(37)12-5)28(7)30-15-21-34(22-16-30)40(10-3)11-4/h13-28H,8-12H2,1-7H3. The maximum Gasteiger partial charge on any atom is 0.0491 e. The van der Waals surface area contributed by atoms with Crippen LogP contribution < -0.4 is 9.80 Å². The molecule has 3 heteroatoms. The predicted molar refractivity (Wildman–Crippen MR) is 180 cm³/mol. The van der Waals surface area contributed by atoms with E-state index in [1.54, 1.807) is 0 Å². The first-order valence-electron chi connectivity index (χ1n) is 15.7. The lowest BCUT2D eigenvalue weighted by molar-refractivity contribution is 0.826. The fourth-order valence-corrected chi connectivity index (χ4v) is 6.53. The van der Waals surface area contributed by atoms with Crippen molar-refractivity contribution in [2.75, 3.05) is 36.0 Å². The summed E-state index contributed by atoms with van der Waals surface area (Å²) in [5.41, 5.74) is 10.7. The summed E-state index contributed by atoms with van der Waals surface area (Å²) < 4.78 is 2.46. The lowest BCUT2D eigenvalue weighted by atomic mass is 9.90. The van der Waals surface area contributed by atoms with E-state index in [1.807, 2.05) is 0 Å². The zero-order valence-corrected chi connectivity index (χ0v) is 26.1. The van der Waals surface area contributed by atoms with Gasteiger partial charge in [0.05, 0.1) is 0 Å². The molecular formula is C38H47N3. The van der Waals surface area contributed by atoms with Crippen molar-refractivity contribution in [2.45, 2.75) is 66.8 Å². The van der Waals surface area contributed by atoms with Crippen LogP contribution in [0.25, 0.3) is 21.8 Å². The second-order valence-corrected chi connectivity index (χ2v) is 11.3. The van der Waals surface area contributed by atoms with Crippen LogP contribution in [0.5, 0.6) is 0 Å². The molecule has 5 rings (SSSR count). The van der Waals surface area contributed by atoms with E-state index in [2.05, 4.69) is 148 Å². The molecule has 0 radical (unpaired) electrons. The minimum Gasteiger partial charge on any atom is -0.372 e. The highest BCUT2D eigenvalue weighted by molar-refractivity contribution is 6.08. The predicted octanol–water partition coefficient (Wildman–Crippen LogP) is 9.81. The number of hydrogen-bond acceptors (Lipinski definition) is 2. The van der Waals surface area contributed by atoms with Gasteiger partial charge in [-0.25, -0.2) is 0 Å². The first kappa shape index (κ1) is 28.8. The van der Waals surface area contributed by atoms with Gasteiger partial charge >= 0.3 is 0 Å². The zero-order valence-electron chi connectivity index (χ0n) is 26.1. The molecule has 4 aromatic carbocycles. The molecule has 3 nitrogen and oxygen atoms in total. The van der Waals surface area contributed by atoms with Gasteiger partial charge in [0, 0.05) is 77.7 Å². The molecular weight excluding hydrogens is 498 g/mol. The zero-order chi connectivity index (χ0) is 29.1. The molecule has 0 spiro atoms. The van der Waals surface area contributed by atoms with Crippen molar-refractivity contribution in [1.29, 1.82) is 0 Å². The topological polar surface area (TPSA) is 11.4 Å². The molecule has 2 atom stereocenters. The van der Waals surface area contributed by atoms with Gasteiger partial charge in [-0.3, -0.25) is 0 Å². The van der Waals surface area contributed by atoms with Crippen LogP contribution in [-0.4, -0.2) is 30.7 Å². The number of rotatable bonds is 11. The Bertz CT molecular complexity index is 1470. The van der Waals surface area contributed by atoms with Crippen molar-refractivity contribution in [3.8, 4) is 0 Å². The van der Waals surface area contributed by atoms with Gasteiger partial charge in [-0.2, -0.15) is 0 Å². The molecule has 5 aromatic rings. The second-order valence-electron chi connectivity index (χ2n) is 11.3. The third kappa shape index (κ3) is 5.47. The summed E-state index contributed by atoms with van der Waals surface area (Å²) in [6, 6.07) is 32.6. The Morgan fingerprint density at radius 2 is 0.829 bits per heavy atom. The van der Waals surface area contributed by atoms with Crippen LogP contribution in [0.2, 0.25) is 0 Å². The van der Waals surface area contributed by atoms with Crippen LogP contribution in [0.3, 0.4) is 0 Å². The second kappa shape index (κ2) is 12.4. The average Bonchev–Trinajstić information content (AvgIpc) is 3.34. The maximum absolute atomic E-state index is 2.46. The molecule has 41 heavy (non-hydrogen) atoms. The number of hydrogen-bond donors (Lipinski definition) is 0. The Morgan fingerprint density at radius 3 is 1.15 bits per heavy atom. The number of aryl methyl sites for hydroxylation is 1. The molecule has 0 saturated carbocycles. The lowest BCUT2D eigenvalue weighted by Gasteiger charge is -2.22. The van der Waals surface area contributed by atoms with Crippen molar-refractivity contribution < 1.29 is 0 Å². The molecule has 1 aromatic heterocycles. The van der Waals surface area contributed by atoms with Crippen molar-refractivity contribution in [3.63, 3.8) is 0 Å². The maximum atomic E-state index is 2.46. The average molecular weight is 546 g/mol. The van der Waals surface area contributed by atoms with E-state index in [4.69, 9.17) is 0 Å². The van der Waals surface area contributed by atoms with E-state index in [0.29, 0.717) is 11.8 Å². The van der Waals surface area contributed by atoms with E-state index >= 15 is 0 Å². The van der Waals surface area contributed by atoms with E-state index in [9.17, 15) is 0 Å². The monoisotopic (exact) mass is 545 g/mol. The van der Waals surface area contributed by atoms with Gasteiger partial charge in [0.15, 0.2) is 0 Å². The highest BCUT2D eigenvalue weighted by Crippen LogP contribution is 2.36. The molecule has 2 unspecified atom stereocenters. The van der Waals surface area contributed by atoms with Gasteiger partial charge in [0.2, 0.25) is 0 Å². The summed E-state index contributed by atoms with van der Waals surface area (Å²) in [4.78, 5) is 4.80. The highest BCUT2D eigenvalue weighted by Gasteiger charge is 2.17. The van der Waals surface area contributed by atoms with E-state index < -0.39 is 0 Å². The smallest absolute Gasteiger partial charge is 0.0491 e. The normalized spacial score (nSPS) is 13.0. The summed E-state index contributed by atoms with van der Waals surface area (Å²) >= 11 is 0. The number of nitrogens with zero attached hydrogens (tertiary/aromatic N) is 3. The third-order valence-corrected chi connectivity index (χ3v) is 9.27. The fraction of sp³-hybridized carbons (Fsp3) is 0.368. The molecule has 0 amide bonds. The first-order valence-corrected chi connectivity index (χ1v) is 15.7. The first-order chi connectivity index (χ1) is 19.9. The summed E-state index contributed by atoms with van der Waals surface area (Å²) in [5, 5.41) is 2.72. The third-order valence-electron chi connectivity index (χ3n) is 9.27. The van der Waals surface area contributed by atoms with Gasteiger partial charge in [-0.05, 0) is 105 Å². The SMILES string of the molecule is CCN(CC)c1ccc(C(C)c2ccc3c(c2)c2cc(C(C)c4ccc(N(CC)CC)cc4)ccc2n3CC)cc1. The van der Waals surface area contributed by atoms with Gasteiger partial charge in [-0.1, -0.05) is 50.2 Å². The van der Waals surface area contributed by atoms with Gasteiger partial charge in [-0.15, -0.1) is 0 Å². The molecule has 214 valence electrons. The summed E-state index contributed by atoms with van der Waals surface area (Å²) in [6.45, 7) is 20.9. The molecule has 0 saturated heterocycles. The molecule has 1 heterocycles. The van der Waals surface area contributed by atoms with Crippen molar-refractivity contribution >= 4 is 33.2 Å². The number of fused-ring (bicyclic) bond motifs is 3. The Balaban J connectivity index is 1.50. The summed E-state index contributed by atoms with van der Waals surface area (Å²) in [6.07, 6.45) is 0. The minimum absolute atomic E-state index is 0.330. The van der Waals surface area contributed by atoms with Crippen LogP contribution in [-0.2, 0) is 6.54 Å². The van der Waals surface area contributed by atoms with E-state index in [0.717, 1.165) is 32.7 Å². The van der Waals surface area contributed by atoms with Gasteiger partial charge in [0.1, 0.15) is 0 Å². The molecule has 0 aliphatic rings. The summed E-state index contributed by atoms with van der Waals surface area (Å²) in [7, 11) is 0. The quantitative estimate of drug-likeness (QED) is 0.164. The molecule has 0 fully saturated rings. The Labute approximate surface area is 247 Å². The van der Waals surface area contributed by atoms with Gasteiger partial charge < -0.3 is 14.4 Å². The molecule has 0 bridgehead atoms. The Kier molecular flexibility index (Phi) is 8.73. The van der Waals surface area contributed by atoms with Gasteiger partial charge in [0.25, 0.3) is 0 Å². The highest BCUT2D eigenvalue weighted by atomic mass is 15.1. The van der Waals surface area contributed by atoms with E-state index in [1.165, 1.54) is 55.4 Å². The van der Waals surface area contributed by atoms with Crippen LogP contribution >= 0.6 is 0 Å². The van der Waals surface area contributed by atoms with Crippen molar-refractivity contribution in [1.82, 2.24) is 4.57 Å². The number of aromatic nitrogens is 1. The Hall–Kier alpha value is -3.72. The number of benzene rings is 4. The molecule has 0 aliphatic carbocycles. The van der Waals surface area contributed by atoms with Crippen molar-refractivity contribution in [2.24, 2.45) is 0 Å². The molecule has 0 N–H and O–H groups in total. The van der Waals surface area contributed by atoms with Crippen LogP contribution in [0.4, 0.5) is 11.4 Å². The minimum atomic E-state index is 0.330. The number of anilines is 2. The van der Waals surface area contributed by atoms with Crippen molar-refractivity contribution in [3.05, 3.63) is 107 Å². The lowest BCUT2D eigenvalue weighted by Crippen LogP contribution is -2.21. The largest absolute Gasteiger partial charge is 0.372 e. The van der Waals surface area contributed by atoms with E-state index in [-0.39, 0.29) is 0 Å². The fourth-order valence-electron chi connectivity index (χ4n) is 6.53. The summed E-state index contributed by atoms with van der Waals surface area (Å²) in [5.74, 6) is 0.660. The molecule has 0 aliphatic heterocycles. The van der Waals surface area contributed by atoms with Crippen LogP contribution in [0, 0.1) is 0 Å². The Morgan fingerprint density at radius 1 is 0.488 bits per heavy atom. The van der Waals surface area contributed by atoms with Crippen LogP contribution in [0.1, 0.15) is 82.6 Å².